The third kappa shape index (κ3) is 1.64. The quantitative estimate of drug-likeness (QED) is 0.873. The van der Waals surface area contributed by atoms with Crippen LogP contribution in [0.1, 0.15) is 25.1 Å². The van der Waals surface area contributed by atoms with Crippen molar-refractivity contribution in [3.05, 3.63) is 42.1 Å². The fourth-order valence-electron chi connectivity index (χ4n) is 2.55. The van der Waals surface area contributed by atoms with Gasteiger partial charge in [0, 0.05) is 17.5 Å². The Morgan fingerprint density at radius 3 is 2.72 bits per heavy atom. The Morgan fingerprint density at radius 1 is 1.33 bits per heavy atom. The first-order valence-corrected chi connectivity index (χ1v) is 6.26. The highest BCUT2D eigenvalue weighted by atomic mass is 19.1. The van der Waals surface area contributed by atoms with Gasteiger partial charge in [-0.3, -0.25) is 0 Å². The Morgan fingerprint density at radius 2 is 2.11 bits per heavy atom. The van der Waals surface area contributed by atoms with Gasteiger partial charge >= 0.3 is 0 Å². The van der Waals surface area contributed by atoms with Gasteiger partial charge in [0.25, 0.3) is 0 Å². The second-order valence-corrected chi connectivity index (χ2v) is 4.96. The summed E-state index contributed by atoms with van der Waals surface area (Å²) in [6, 6.07) is 6.71. The zero-order valence-corrected chi connectivity index (χ0v) is 10.1. The molecule has 1 heterocycles. The van der Waals surface area contributed by atoms with Crippen LogP contribution in [0.3, 0.4) is 0 Å². The molecule has 0 radical (unpaired) electrons. The predicted molar refractivity (Wildman–Crippen MR) is 68.6 cm³/mol. The summed E-state index contributed by atoms with van der Waals surface area (Å²) in [6.45, 7) is 0.594. The van der Waals surface area contributed by atoms with Crippen molar-refractivity contribution in [3.63, 3.8) is 0 Å². The summed E-state index contributed by atoms with van der Waals surface area (Å²) in [7, 11) is 0. The number of aromatic nitrogens is 2. The van der Waals surface area contributed by atoms with Crippen LogP contribution in [0.25, 0.3) is 11.3 Å². The van der Waals surface area contributed by atoms with Crippen LogP contribution in [-0.2, 0) is 5.41 Å². The lowest BCUT2D eigenvalue weighted by molar-refractivity contribution is 0.240. The summed E-state index contributed by atoms with van der Waals surface area (Å²) >= 11 is 0. The van der Waals surface area contributed by atoms with E-state index in [1.54, 1.807) is 18.3 Å². The standard InChI is InChI=1S/C14H16FN3/c15-11-5-2-1-4-10(11)12-8-17-13(18-12)14(9-16)6-3-7-14/h1-2,4-5,8H,3,6-7,9,16H2,(H,17,18). The summed E-state index contributed by atoms with van der Waals surface area (Å²) in [5.74, 6) is 0.664. The van der Waals surface area contributed by atoms with E-state index in [2.05, 4.69) is 9.97 Å². The summed E-state index contributed by atoms with van der Waals surface area (Å²) in [5, 5.41) is 0. The Hall–Kier alpha value is -1.68. The van der Waals surface area contributed by atoms with E-state index in [0.717, 1.165) is 24.4 Å². The smallest absolute Gasteiger partial charge is 0.132 e. The number of hydrogen-bond acceptors (Lipinski definition) is 2. The number of aromatic amines is 1. The molecule has 1 aromatic carbocycles. The maximum absolute atomic E-state index is 13.7. The molecule has 1 aliphatic rings. The van der Waals surface area contributed by atoms with E-state index in [1.165, 1.54) is 12.5 Å². The van der Waals surface area contributed by atoms with E-state index in [4.69, 9.17) is 5.73 Å². The van der Waals surface area contributed by atoms with Crippen molar-refractivity contribution in [1.29, 1.82) is 0 Å². The van der Waals surface area contributed by atoms with Gasteiger partial charge in [0.15, 0.2) is 0 Å². The number of H-pyrrole nitrogens is 1. The van der Waals surface area contributed by atoms with Crippen LogP contribution < -0.4 is 5.73 Å². The molecule has 1 aliphatic carbocycles. The molecule has 0 amide bonds. The summed E-state index contributed by atoms with van der Waals surface area (Å²) in [4.78, 5) is 7.63. The molecule has 4 heteroatoms. The van der Waals surface area contributed by atoms with Crippen molar-refractivity contribution in [2.24, 2.45) is 5.73 Å². The van der Waals surface area contributed by atoms with Crippen LogP contribution in [0.2, 0.25) is 0 Å². The summed E-state index contributed by atoms with van der Waals surface area (Å²) in [5.41, 5.74) is 7.12. The van der Waals surface area contributed by atoms with Crippen LogP contribution in [0.4, 0.5) is 4.39 Å². The lowest BCUT2D eigenvalue weighted by atomic mass is 9.68. The first-order valence-electron chi connectivity index (χ1n) is 6.26. The molecule has 3 N–H and O–H groups in total. The molecule has 1 fully saturated rings. The van der Waals surface area contributed by atoms with Crippen LogP contribution in [0.15, 0.2) is 30.5 Å². The van der Waals surface area contributed by atoms with Gasteiger partial charge in [-0.25, -0.2) is 9.37 Å². The summed E-state index contributed by atoms with van der Waals surface area (Å²) < 4.78 is 13.7. The average molecular weight is 245 g/mol. The van der Waals surface area contributed by atoms with Crippen LogP contribution in [0.5, 0.6) is 0 Å². The van der Waals surface area contributed by atoms with E-state index in [0.29, 0.717) is 12.1 Å². The third-order valence-corrected chi connectivity index (χ3v) is 3.94. The number of halogens is 1. The number of rotatable bonds is 3. The van der Waals surface area contributed by atoms with Crippen LogP contribution in [-0.4, -0.2) is 16.5 Å². The highest BCUT2D eigenvalue weighted by Gasteiger charge is 2.39. The molecule has 94 valence electrons. The molecule has 18 heavy (non-hydrogen) atoms. The molecule has 0 spiro atoms. The van der Waals surface area contributed by atoms with Crippen molar-refractivity contribution in [3.8, 4) is 11.3 Å². The SMILES string of the molecule is NCC1(c2ncc(-c3ccccc3F)[nH]2)CCC1. The average Bonchev–Trinajstić information content (AvgIpc) is 2.79. The Kier molecular flexibility index (Phi) is 2.67. The molecule has 3 rings (SSSR count). The minimum Gasteiger partial charge on any atom is -0.341 e. The lowest BCUT2D eigenvalue weighted by Gasteiger charge is -2.39. The monoisotopic (exact) mass is 245 g/mol. The van der Waals surface area contributed by atoms with Gasteiger partial charge < -0.3 is 10.7 Å². The number of imidazole rings is 1. The largest absolute Gasteiger partial charge is 0.341 e. The van der Waals surface area contributed by atoms with Gasteiger partial charge in [-0.2, -0.15) is 0 Å². The Labute approximate surface area is 105 Å². The van der Waals surface area contributed by atoms with Crippen molar-refractivity contribution >= 4 is 0 Å². The number of nitrogens with one attached hydrogen (secondary N) is 1. The molecule has 1 aromatic heterocycles. The predicted octanol–water partition coefficient (Wildman–Crippen LogP) is 2.60. The van der Waals surface area contributed by atoms with E-state index < -0.39 is 0 Å². The zero-order chi connectivity index (χ0) is 12.6. The molecular weight excluding hydrogens is 229 g/mol. The number of hydrogen-bond donors (Lipinski definition) is 2. The maximum Gasteiger partial charge on any atom is 0.132 e. The van der Waals surface area contributed by atoms with E-state index in [-0.39, 0.29) is 11.2 Å². The lowest BCUT2D eigenvalue weighted by Crippen LogP contribution is -2.42. The van der Waals surface area contributed by atoms with Crippen LogP contribution in [0, 0.1) is 5.82 Å². The maximum atomic E-state index is 13.7. The van der Waals surface area contributed by atoms with Gasteiger partial charge in [0.1, 0.15) is 11.6 Å². The molecule has 0 unspecified atom stereocenters. The highest BCUT2D eigenvalue weighted by Crippen LogP contribution is 2.41. The number of nitrogens with two attached hydrogens (primary N) is 1. The topological polar surface area (TPSA) is 54.7 Å². The highest BCUT2D eigenvalue weighted by molar-refractivity contribution is 5.59. The van der Waals surface area contributed by atoms with Gasteiger partial charge in [-0.15, -0.1) is 0 Å². The minimum atomic E-state index is -0.233. The van der Waals surface area contributed by atoms with Crippen molar-refractivity contribution < 1.29 is 4.39 Å². The molecule has 3 nitrogen and oxygen atoms in total. The van der Waals surface area contributed by atoms with Gasteiger partial charge in [-0.05, 0) is 25.0 Å². The van der Waals surface area contributed by atoms with Gasteiger partial charge in [-0.1, -0.05) is 18.6 Å². The number of benzene rings is 1. The van der Waals surface area contributed by atoms with Crippen LogP contribution >= 0.6 is 0 Å². The minimum absolute atomic E-state index is 0.0104. The van der Waals surface area contributed by atoms with Crippen molar-refractivity contribution in [1.82, 2.24) is 9.97 Å². The normalized spacial score (nSPS) is 17.4. The molecule has 0 bridgehead atoms. The molecule has 0 saturated heterocycles. The zero-order valence-electron chi connectivity index (χ0n) is 10.1. The molecular formula is C14H16FN3. The third-order valence-electron chi connectivity index (χ3n) is 3.94. The molecule has 0 aliphatic heterocycles. The van der Waals surface area contributed by atoms with E-state index in [1.807, 2.05) is 6.07 Å². The van der Waals surface area contributed by atoms with Gasteiger partial charge in [0.2, 0.25) is 0 Å². The van der Waals surface area contributed by atoms with Crippen molar-refractivity contribution in [2.45, 2.75) is 24.7 Å². The first-order chi connectivity index (χ1) is 8.75. The molecule has 0 atom stereocenters. The van der Waals surface area contributed by atoms with E-state index in [9.17, 15) is 4.39 Å². The second-order valence-electron chi connectivity index (χ2n) is 4.96. The fraction of sp³-hybridized carbons (Fsp3) is 0.357. The second kappa shape index (κ2) is 4.21. The van der Waals surface area contributed by atoms with E-state index >= 15 is 0 Å². The van der Waals surface area contributed by atoms with Crippen molar-refractivity contribution in [2.75, 3.05) is 6.54 Å². The Balaban J connectivity index is 1.97. The first kappa shape index (κ1) is 11.4. The fourth-order valence-corrected chi connectivity index (χ4v) is 2.55. The molecule has 1 saturated carbocycles. The van der Waals surface area contributed by atoms with Gasteiger partial charge in [0.05, 0.1) is 11.9 Å². The molecule has 2 aromatic rings. The Bertz CT molecular complexity index is 552. The summed E-state index contributed by atoms with van der Waals surface area (Å²) in [6.07, 6.45) is 5.01. The number of nitrogens with zero attached hydrogens (tertiary/aromatic N) is 1.